The first-order valence-corrected chi connectivity index (χ1v) is 6.92. The van der Waals surface area contributed by atoms with Crippen molar-refractivity contribution in [3.63, 3.8) is 0 Å². The van der Waals surface area contributed by atoms with Gasteiger partial charge < -0.3 is 10.1 Å². The van der Waals surface area contributed by atoms with E-state index >= 15 is 0 Å². The molecule has 6 heteroatoms. The van der Waals surface area contributed by atoms with Crippen molar-refractivity contribution < 1.29 is 9.53 Å². The van der Waals surface area contributed by atoms with Crippen LogP contribution in [-0.4, -0.2) is 28.2 Å². The Labute approximate surface area is 123 Å². The molecular formula is C15H20N4O2. The van der Waals surface area contributed by atoms with Crippen molar-refractivity contribution in [1.82, 2.24) is 20.5 Å². The fraction of sp³-hybridized carbons (Fsp3) is 0.400. The Morgan fingerprint density at radius 3 is 2.95 bits per heavy atom. The Kier molecular flexibility index (Phi) is 5.31. The summed E-state index contributed by atoms with van der Waals surface area (Å²) in [4.78, 5) is 15.8. The second-order valence-electron chi connectivity index (χ2n) is 5.03. The molecular weight excluding hydrogens is 268 g/mol. The van der Waals surface area contributed by atoms with Crippen LogP contribution in [0.15, 0.2) is 30.6 Å². The topological polar surface area (TPSA) is 79.9 Å². The van der Waals surface area contributed by atoms with E-state index in [2.05, 4.69) is 27.4 Å². The minimum absolute atomic E-state index is 0.00815. The molecule has 1 aromatic carbocycles. The zero-order valence-corrected chi connectivity index (χ0v) is 12.3. The molecule has 0 spiro atoms. The van der Waals surface area contributed by atoms with E-state index in [0.717, 1.165) is 17.7 Å². The second-order valence-corrected chi connectivity index (χ2v) is 5.03. The summed E-state index contributed by atoms with van der Waals surface area (Å²) in [6.07, 6.45) is 2.69. The van der Waals surface area contributed by atoms with E-state index in [1.807, 2.05) is 24.3 Å². The number of rotatable bonds is 7. The highest BCUT2D eigenvalue weighted by Crippen LogP contribution is 2.21. The van der Waals surface area contributed by atoms with Gasteiger partial charge in [0.15, 0.2) is 0 Å². The first-order chi connectivity index (χ1) is 10.2. The monoisotopic (exact) mass is 288 g/mol. The van der Waals surface area contributed by atoms with E-state index in [4.69, 9.17) is 4.74 Å². The summed E-state index contributed by atoms with van der Waals surface area (Å²) in [7, 11) is 1.66. The van der Waals surface area contributed by atoms with Gasteiger partial charge in [-0.25, -0.2) is 4.98 Å². The third kappa shape index (κ3) is 4.59. The lowest BCUT2D eigenvalue weighted by molar-refractivity contribution is -0.122. The Morgan fingerprint density at radius 1 is 1.43 bits per heavy atom. The number of aromatic amines is 1. The van der Waals surface area contributed by atoms with Gasteiger partial charge in [-0.2, -0.15) is 5.10 Å². The normalized spacial score (nSPS) is 11.9. The zero-order chi connectivity index (χ0) is 15.1. The largest absolute Gasteiger partial charge is 0.496 e. The molecule has 6 nitrogen and oxygen atoms in total. The molecule has 0 radical (unpaired) electrons. The highest BCUT2D eigenvalue weighted by molar-refractivity contribution is 5.76. The van der Waals surface area contributed by atoms with Crippen LogP contribution in [0.25, 0.3) is 0 Å². The van der Waals surface area contributed by atoms with Crippen LogP contribution in [0.1, 0.15) is 24.7 Å². The number of para-hydroxylation sites is 1. The second kappa shape index (κ2) is 7.42. The molecule has 0 aliphatic carbocycles. The van der Waals surface area contributed by atoms with Gasteiger partial charge in [-0.05, 0) is 24.0 Å². The Morgan fingerprint density at radius 2 is 2.24 bits per heavy atom. The maximum absolute atomic E-state index is 11.9. The quantitative estimate of drug-likeness (QED) is 0.812. The van der Waals surface area contributed by atoms with Gasteiger partial charge in [0.1, 0.15) is 17.9 Å². The molecule has 1 atom stereocenters. The maximum atomic E-state index is 11.9. The van der Waals surface area contributed by atoms with Crippen LogP contribution in [0.2, 0.25) is 0 Å². The van der Waals surface area contributed by atoms with Gasteiger partial charge in [0.05, 0.1) is 13.7 Å². The summed E-state index contributed by atoms with van der Waals surface area (Å²) in [5.41, 5.74) is 1.12. The van der Waals surface area contributed by atoms with Gasteiger partial charge in [-0.3, -0.25) is 9.89 Å². The van der Waals surface area contributed by atoms with Crippen molar-refractivity contribution in [1.29, 1.82) is 0 Å². The SMILES string of the molecule is COc1ccccc1CC(C)CC(=O)NCc1ncn[nH]1. The number of hydrogen-bond acceptors (Lipinski definition) is 4. The number of nitrogens with one attached hydrogen (secondary N) is 2. The van der Waals surface area contributed by atoms with Crippen molar-refractivity contribution in [3.05, 3.63) is 42.0 Å². The summed E-state index contributed by atoms with van der Waals surface area (Å²) in [5, 5.41) is 9.27. The average molecular weight is 288 g/mol. The van der Waals surface area contributed by atoms with Crippen molar-refractivity contribution in [2.24, 2.45) is 5.92 Å². The molecule has 1 aromatic heterocycles. The number of amides is 1. The standard InChI is InChI=1S/C15H20N4O2/c1-11(7-12-5-3-4-6-13(12)21-2)8-15(20)16-9-14-17-10-18-19-14/h3-6,10-11H,7-9H2,1-2H3,(H,16,20)(H,17,18,19). The van der Waals surface area contributed by atoms with E-state index in [1.165, 1.54) is 6.33 Å². The third-order valence-electron chi connectivity index (χ3n) is 3.21. The van der Waals surface area contributed by atoms with Gasteiger partial charge in [0.2, 0.25) is 5.91 Å². The lowest BCUT2D eigenvalue weighted by Crippen LogP contribution is -2.25. The number of carbonyl (C=O) groups excluding carboxylic acids is 1. The molecule has 0 bridgehead atoms. The maximum Gasteiger partial charge on any atom is 0.220 e. The minimum atomic E-state index is 0.00815. The Bertz CT molecular complexity index is 569. The summed E-state index contributed by atoms with van der Waals surface area (Å²) >= 11 is 0. The van der Waals surface area contributed by atoms with Crippen LogP contribution < -0.4 is 10.1 Å². The number of benzene rings is 1. The predicted octanol–water partition coefficient (Wildman–Crippen LogP) is 1.70. The van der Waals surface area contributed by atoms with E-state index in [0.29, 0.717) is 18.8 Å². The van der Waals surface area contributed by atoms with Crippen LogP contribution in [-0.2, 0) is 17.8 Å². The van der Waals surface area contributed by atoms with Crippen LogP contribution in [0.4, 0.5) is 0 Å². The smallest absolute Gasteiger partial charge is 0.220 e. The number of aromatic nitrogens is 3. The predicted molar refractivity (Wildman–Crippen MR) is 78.7 cm³/mol. The van der Waals surface area contributed by atoms with Crippen molar-refractivity contribution >= 4 is 5.91 Å². The van der Waals surface area contributed by atoms with Crippen LogP contribution in [0, 0.1) is 5.92 Å². The van der Waals surface area contributed by atoms with E-state index in [9.17, 15) is 4.79 Å². The number of hydrogen-bond donors (Lipinski definition) is 2. The molecule has 0 saturated heterocycles. The Balaban J connectivity index is 1.80. The third-order valence-corrected chi connectivity index (χ3v) is 3.21. The van der Waals surface area contributed by atoms with Gasteiger partial charge in [0, 0.05) is 6.42 Å². The molecule has 1 amide bonds. The molecule has 2 N–H and O–H groups in total. The van der Waals surface area contributed by atoms with Gasteiger partial charge in [-0.15, -0.1) is 0 Å². The highest BCUT2D eigenvalue weighted by Gasteiger charge is 2.12. The summed E-state index contributed by atoms with van der Waals surface area (Å²) in [5.74, 6) is 1.76. The first kappa shape index (κ1) is 15.0. The number of methoxy groups -OCH3 is 1. The molecule has 0 saturated carbocycles. The van der Waals surface area contributed by atoms with Gasteiger partial charge in [-0.1, -0.05) is 25.1 Å². The molecule has 2 aromatic rings. The Hall–Kier alpha value is -2.37. The van der Waals surface area contributed by atoms with Crippen LogP contribution in [0.3, 0.4) is 0 Å². The number of ether oxygens (including phenoxy) is 1. The van der Waals surface area contributed by atoms with Crippen molar-refractivity contribution in [2.75, 3.05) is 7.11 Å². The minimum Gasteiger partial charge on any atom is -0.496 e. The van der Waals surface area contributed by atoms with Gasteiger partial charge in [0.25, 0.3) is 0 Å². The van der Waals surface area contributed by atoms with Crippen LogP contribution in [0.5, 0.6) is 5.75 Å². The molecule has 112 valence electrons. The highest BCUT2D eigenvalue weighted by atomic mass is 16.5. The molecule has 2 rings (SSSR count). The first-order valence-electron chi connectivity index (χ1n) is 6.92. The number of carbonyl (C=O) groups is 1. The molecule has 21 heavy (non-hydrogen) atoms. The van der Waals surface area contributed by atoms with Crippen molar-refractivity contribution in [2.45, 2.75) is 26.3 Å². The van der Waals surface area contributed by atoms with Gasteiger partial charge >= 0.3 is 0 Å². The molecule has 0 aliphatic heterocycles. The fourth-order valence-electron chi connectivity index (χ4n) is 2.21. The van der Waals surface area contributed by atoms with Crippen LogP contribution >= 0.6 is 0 Å². The van der Waals surface area contributed by atoms with E-state index in [-0.39, 0.29) is 11.8 Å². The molecule has 0 fully saturated rings. The fourth-order valence-corrected chi connectivity index (χ4v) is 2.21. The summed E-state index contributed by atoms with van der Waals surface area (Å²) in [6.45, 7) is 2.43. The van der Waals surface area contributed by atoms with Crippen molar-refractivity contribution in [3.8, 4) is 5.75 Å². The van der Waals surface area contributed by atoms with E-state index < -0.39 is 0 Å². The summed E-state index contributed by atoms with van der Waals surface area (Å²) in [6, 6.07) is 7.89. The number of nitrogens with zero attached hydrogens (tertiary/aromatic N) is 2. The number of H-pyrrole nitrogens is 1. The molecule has 1 heterocycles. The lowest BCUT2D eigenvalue weighted by Gasteiger charge is -2.13. The summed E-state index contributed by atoms with van der Waals surface area (Å²) < 4.78 is 5.33. The molecule has 1 unspecified atom stereocenters. The average Bonchev–Trinajstić information content (AvgIpc) is 2.99. The zero-order valence-electron chi connectivity index (χ0n) is 12.3. The molecule has 0 aliphatic rings. The van der Waals surface area contributed by atoms with E-state index in [1.54, 1.807) is 7.11 Å². The lowest BCUT2D eigenvalue weighted by atomic mass is 9.97.